The minimum atomic E-state index is -3.40. The van der Waals surface area contributed by atoms with E-state index in [-0.39, 0.29) is 0 Å². The molecule has 0 bridgehead atoms. The number of hydrogen-bond donors (Lipinski definition) is 2. The molecule has 1 aromatic carbocycles. The Balaban J connectivity index is 2.12. The highest BCUT2D eigenvalue weighted by atomic mass is 32.2. The Morgan fingerprint density at radius 1 is 1.30 bits per heavy atom. The highest BCUT2D eigenvalue weighted by Crippen LogP contribution is 2.21. The van der Waals surface area contributed by atoms with Crippen LogP contribution in [0.1, 0.15) is 37.8 Å². The second-order valence-electron chi connectivity index (χ2n) is 5.99. The van der Waals surface area contributed by atoms with E-state index in [0.29, 0.717) is 23.4 Å². The fraction of sp³-hybridized carbons (Fsp3) is 0.600. The van der Waals surface area contributed by atoms with E-state index in [4.69, 9.17) is 0 Å². The van der Waals surface area contributed by atoms with Gasteiger partial charge in [0.05, 0.1) is 4.90 Å². The zero-order chi connectivity index (χ0) is 14.8. The lowest BCUT2D eigenvalue weighted by Gasteiger charge is -2.12. The molecule has 4 nitrogen and oxygen atoms in total. The molecule has 1 aromatic rings. The maximum Gasteiger partial charge on any atom is 0.240 e. The van der Waals surface area contributed by atoms with Crippen LogP contribution in [0, 0.1) is 12.8 Å². The molecule has 2 N–H and O–H groups in total. The molecular weight excluding hydrogens is 272 g/mol. The van der Waals surface area contributed by atoms with E-state index < -0.39 is 10.0 Å². The predicted molar refractivity (Wildman–Crippen MR) is 81.1 cm³/mol. The molecule has 112 valence electrons. The van der Waals surface area contributed by atoms with Crippen molar-refractivity contribution in [2.45, 2.75) is 51.1 Å². The van der Waals surface area contributed by atoms with Crippen LogP contribution in [0.25, 0.3) is 0 Å². The topological polar surface area (TPSA) is 58.2 Å². The first kappa shape index (κ1) is 15.5. The molecule has 0 aliphatic heterocycles. The smallest absolute Gasteiger partial charge is 0.240 e. The van der Waals surface area contributed by atoms with Gasteiger partial charge in [-0.1, -0.05) is 19.9 Å². The standard InChI is InChI=1S/C15H24N2O2S/c1-11(2)9-17-20(18,19)15-7-4-12(3)13(8-15)10-16-14-5-6-14/h4,7-8,11,14,16-17H,5-6,9-10H2,1-3H3. The summed E-state index contributed by atoms with van der Waals surface area (Å²) >= 11 is 0. The van der Waals surface area contributed by atoms with Gasteiger partial charge >= 0.3 is 0 Å². The van der Waals surface area contributed by atoms with Gasteiger partial charge in [0.2, 0.25) is 10.0 Å². The van der Waals surface area contributed by atoms with E-state index in [0.717, 1.165) is 17.7 Å². The van der Waals surface area contributed by atoms with Crippen molar-refractivity contribution in [3.63, 3.8) is 0 Å². The van der Waals surface area contributed by atoms with E-state index >= 15 is 0 Å². The molecule has 20 heavy (non-hydrogen) atoms. The molecule has 1 fully saturated rings. The number of hydrogen-bond acceptors (Lipinski definition) is 3. The summed E-state index contributed by atoms with van der Waals surface area (Å²) in [6.45, 7) is 7.20. The first-order valence-electron chi connectivity index (χ1n) is 7.21. The van der Waals surface area contributed by atoms with Gasteiger partial charge in [0.1, 0.15) is 0 Å². The number of rotatable bonds is 7. The van der Waals surface area contributed by atoms with Crippen LogP contribution in [0.4, 0.5) is 0 Å². The van der Waals surface area contributed by atoms with Crippen LogP contribution < -0.4 is 10.0 Å². The quantitative estimate of drug-likeness (QED) is 0.811. The van der Waals surface area contributed by atoms with Crippen LogP contribution in [-0.4, -0.2) is 21.0 Å². The molecule has 2 rings (SSSR count). The molecular formula is C15H24N2O2S. The lowest BCUT2D eigenvalue weighted by molar-refractivity contribution is 0.560. The Kier molecular flexibility index (Phi) is 4.83. The van der Waals surface area contributed by atoms with Crippen LogP contribution in [0.5, 0.6) is 0 Å². The number of sulfonamides is 1. The van der Waals surface area contributed by atoms with Gasteiger partial charge in [0, 0.05) is 19.1 Å². The summed E-state index contributed by atoms with van der Waals surface area (Å²) in [5.41, 5.74) is 2.19. The van der Waals surface area contributed by atoms with E-state index in [1.54, 1.807) is 12.1 Å². The summed E-state index contributed by atoms with van der Waals surface area (Å²) in [5, 5.41) is 3.43. The molecule has 5 heteroatoms. The minimum Gasteiger partial charge on any atom is -0.310 e. The van der Waals surface area contributed by atoms with Crippen LogP contribution in [0.3, 0.4) is 0 Å². The molecule has 0 saturated heterocycles. The zero-order valence-electron chi connectivity index (χ0n) is 12.4. The molecule has 1 aliphatic carbocycles. The van der Waals surface area contributed by atoms with Crippen molar-refractivity contribution < 1.29 is 8.42 Å². The Labute approximate surface area is 122 Å². The summed E-state index contributed by atoms with van der Waals surface area (Å²) in [6, 6.07) is 5.97. The normalized spacial score (nSPS) is 15.8. The SMILES string of the molecule is Cc1ccc(S(=O)(=O)NCC(C)C)cc1CNC1CC1. The Morgan fingerprint density at radius 2 is 2.00 bits per heavy atom. The van der Waals surface area contributed by atoms with Crippen LogP contribution in [0.15, 0.2) is 23.1 Å². The summed E-state index contributed by atoms with van der Waals surface area (Å²) in [5.74, 6) is 0.297. The van der Waals surface area contributed by atoms with Crippen molar-refractivity contribution in [3.8, 4) is 0 Å². The maximum atomic E-state index is 12.2. The zero-order valence-corrected chi connectivity index (χ0v) is 13.3. The van der Waals surface area contributed by atoms with E-state index in [2.05, 4.69) is 10.0 Å². The molecule has 0 heterocycles. The maximum absolute atomic E-state index is 12.2. The molecule has 0 aromatic heterocycles. The van der Waals surface area contributed by atoms with Gasteiger partial charge in [-0.2, -0.15) is 0 Å². The number of benzene rings is 1. The van der Waals surface area contributed by atoms with Crippen LogP contribution in [0.2, 0.25) is 0 Å². The summed E-state index contributed by atoms with van der Waals surface area (Å²) in [6.07, 6.45) is 2.46. The number of nitrogens with one attached hydrogen (secondary N) is 2. The second kappa shape index (κ2) is 6.24. The third-order valence-corrected chi connectivity index (χ3v) is 4.89. The van der Waals surface area contributed by atoms with Crippen LogP contribution in [-0.2, 0) is 16.6 Å². The monoisotopic (exact) mass is 296 g/mol. The van der Waals surface area contributed by atoms with E-state index in [1.165, 1.54) is 12.8 Å². The van der Waals surface area contributed by atoms with Gasteiger partial charge in [0.15, 0.2) is 0 Å². The summed E-state index contributed by atoms with van der Waals surface area (Å²) < 4.78 is 27.1. The highest BCUT2D eigenvalue weighted by molar-refractivity contribution is 7.89. The lowest BCUT2D eigenvalue weighted by atomic mass is 10.1. The fourth-order valence-electron chi connectivity index (χ4n) is 1.91. The van der Waals surface area contributed by atoms with Gasteiger partial charge in [0.25, 0.3) is 0 Å². The van der Waals surface area contributed by atoms with Gasteiger partial charge in [-0.25, -0.2) is 13.1 Å². The number of aryl methyl sites for hydroxylation is 1. The summed E-state index contributed by atoms with van der Waals surface area (Å²) in [7, 11) is -3.40. The van der Waals surface area contributed by atoms with Crippen molar-refractivity contribution in [1.29, 1.82) is 0 Å². The molecule has 0 radical (unpaired) electrons. The van der Waals surface area contributed by atoms with Gasteiger partial charge in [-0.3, -0.25) is 0 Å². The molecule has 0 amide bonds. The highest BCUT2D eigenvalue weighted by Gasteiger charge is 2.21. The largest absolute Gasteiger partial charge is 0.310 e. The first-order valence-corrected chi connectivity index (χ1v) is 8.69. The molecule has 1 aliphatic rings. The minimum absolute atomic E-state index is 0.297. The van der Waals surface area contributed by atoms with E-state index in [9.17, 15) is 8.42 Å². The van der Waals surface area contributed by atoms with E-state index in [1.807, 2.05) is 26.8 Å². The van der Waals surface area contributed by atoms with Gasteiger partial charge in [-0.05, 0) is 48.9 Å². The third kappa shape index (κ3) is 4.30. The Hall–Kier alpha value is -0.910. The summed E-state index contributed by atoms with van der Waals surface area (Å²) in [4.78, 5) is 0.358. The second-order valence-corrected chi connectivity index (χ2v) is 7.76. The van der Waals surface area contributed by atoms with Crippen molar-refractivity contribution in [2.24, 2.45) is 5.92 Å². The lowest BCUT2D eigenvalue weighted by Crippen LogP contribution is -2.27. The molecule has 1 saturated carbocycles. The van der Waals surface area contributed by atoms with Gasteiger partial charge < -0.3 is 5.32 Å². The van der Waals surface area contributed by atoms with Crippen molar-refractivity contribution in [3.05, 3.63) is 29.3 Å². The van der Waals surface area contributed by atoms with Crippen molar-refractivity contribution >= 4 is 10.0 Å². The Morgan fingerprint density at radius 3 is 2.60 bits per heavy atom. The van der Waals surface area contributed by atoms with Crippen molar-refractivity contribution in [2.75, 3.05) is 6.54 Å². The van der Waals surface area contributed by atoms with Gasteiger partial charge in [-0.15, -0.1) is 0 Å². The predicted octanol–water partition coefficient (Wildman–Crippen LogP) is 2.18. The van der Waals surface area contributed by atoms with Crippen LogP contribution >= 0.6 is 0 Å². The molecule has 0 spiro atoms. The molecule has 0 atom stereocenters. The third-order valence-electron chi connectivity index (χ3n) is 3.47. The average molecular weight is 296 g/mol. The Bertz CT molecular complexity index is 563. The first-order chi connectivity index (χ1) is 9.38. The fourth-order valence-corrected chi connectivity index (χ4v) is 3.17. The average Bonchev–Trinajstić information content (AvgIpc) is 3.19. The molecule has 0 unspecified atom stereocenters. The van der Waals surface area contributed by atoms with Crippen molar-refractivity contribution in [1.82, 2.24) is 10.0 Å².